The van der Waals surface area contributed by atoms with E-state index in [9.17, 15) is 5.11 Å². The van der Waals surface area contributed by atoms with Gasteiger partial charge in [0.05, 0.1) is 6.61 Å². The topological polar surface area (TPSA) is 35.5 Å². The van der Waals surface area contributed by atoms with E-state index in [4.69, 9.17) is 0 Å². The number of aliphatic hydroxyl groups is 1. The first-order valence-corrected chi connectivity index (χ1v) is 8.32. The number of aliphatic hydroxyl groups excluding tert-OH is 1. The van der Waals surface area contributed by atoms with Crippen LogP contribution in [0, 0.1) is 0 Å². The van der Waals surface area contributed by atoms with Gasteiger partial charge in [-0.25, -0.2) is 0 Å². The third-order valence-corrected chi connectivity index (χ3v) is 4.51. The summed E-state index contributed by atoms with van der Waals surface area (Å²) in [5.41, 5.74) is 2.87. The number of hydrogen-bond donors (Lipinski definition) is 2. The van der Waals surface area contributed by atoms with Crippen molar-refractivity contribution >= 4 is 0 Å². The van der Waals surface area contributed by atoms with E-state index in [1.165, 1.54) is 24.0 Å². The molecule has 1 aromatic carbocycles. The Morgan fingerprint density at radius 3 is 2.43 bits per heavy atom. The van der Waals surface area contributed by atoms with Gasteiger partial charge in [0.25, 0.3) is 0 Å². The van der Waals surface area contributed by atoms with E-state index in [-0.39, 0.29) is 12.1 Å². The molecule has 118 valence electrons. The number of hydrogen-bond acceptors (Lipinski definition) is 3. The summed E-state index contributed by atoms with van der Waals surface area (Å²) in [4.78, 5) is 2.53. The maximum atomic E-state index is 9.57. The van der Waals surface area contributed by atoms with Gasteiger partial charge in [0, 0.05) is 18.6 Å². The van der Waals surface area contributed by atoms with Gasteiger partial charge in [-0.2, -0.15) is 0 Å². The Hall–Kier alpha value is -0.900. The summed E-state index contributed by atoms with van der Waals surface area (Å²) >= 11 is 0. The number of fused-ring (bicyclic) bond motifs is 1. The van der Waals surface area contributed by atoms with Crippen molar-refractivity contribution in [3.05, 3.63) is 35.4 Å². The van der Waals surface area contributed by atoms with Crippen LogP contribution in [0.15, 0.2) is 24.3 Å². The molecule has 1 aliphatic rings. The Morgan fingerprint density at radius 1 is 1.19 bits per heavy atom. The summed E-state index contributed by atoms with van der Waals surface area (Å²) in [6.45, 7) is 8.86. The van der Waals surface area contributed by atoms with Gasteiger partial charge in [0.2, 0.25) is 0 Å². The number of benzene rings is 1. The van der Waals surface area contributed by atoms with Crippen LogP contribution in [0.3, 0.4) is 0 Å². The van der Waals surface area contributed by atoms with Crippen LogP contribution in [-0.4, -0.2) is 35.2 Å². The number of nitrogens with zero attached hydrogens (tertiary/aromatic N) is 1. The van der Waals surface area contributed by atoms with Crippen molar-refractivity contribution in [1.82, 2.24) is 10.2 Å². The summed E-state index contributed by atoms with van der Waals surface area (Å²) in [5.74, 6) is 0. The monoisotopic (exact) mass is 290 g/mol. The van der Waals surface area contributed by atoms with Crippen molar-refractivity contribution in [2.75, 3.05) is 19.7 Å². The van der Waals surface area contributed by atoms with Crippen molar-refractivity contribution in [2.45, 2.75) is 58.2 Å². The summed E-state index contributed by atoms with van der Waals surface area (Å²) in [7, 11) is 0. The highest BCUT2D eigenvalue weighted by Gasteiger charge is 2.22. The van der Waals surface area contributed by atoms with Gasteiger partial charge in [0.15, 0.2) is 0 Å². The molecule has 0 fully saturated rings. The maximum Gasteiger partial charge on any atom is 0.0610 e. The molecule has 3 nitrogen and oxygen atoms in total. The fourth-order valence-electron chi connectivity index (χ4n) is 3.06. The predicted molar refractivity (Wildman–Crippen MR) is 88.2 cm³/mol. The lowest BCUT2D eigenvalue weighted by atomic mass is 9.95. The molecule has 0 saturated carbocycles. The van der Waals surface area contributed by atoms with Crippen LogP contribution in [0.5, 0.6) is 0 Å². The average Bonchev–Trinajstić information content (AvgIpc) is 2.92. The van der Waals surface area contributed by atoms with E-state index in [0.29, 0.717) is 0 Å². The number of rotatable bonds is 9. The first-order valence-electron chi connectivity index (χ1n) is 8.32. The van der Waals surface area contributed by atoms with Crippen LogP contribution in [0.2, 0.25) is 0 Å². The Morgan fingerprint density at radius 2 is 1.86 bits per heavy atom. The minimum absolute atomic E-state index is 0.107. The van der Waals surface area contributed by atoms with Crippen LogP contribution in [0.1, 0.15) is 50.7 Å². The van der Waals surface area contributed by atoms with Crippen molar-refractivity contribution in [2.24, 2.45) is 0 Å². The SMILES string of the molecule is CCCNC(C)(CO)CCCCN1Cc2ccccc2C1. The molecule has 0 bridgehead atoms. The third-order valence-electron chi connectivity index (χ3n) is 4.51. The summed E-state index contributed by atoms with van der Waals surface area (Å²) < 4.78 is 0. The van der Waals surface area contributed by atoms with Gasteiger partial charge in [-0.1, -0.05) is 37.6 Å². The highest BCUT2D eigenvalue weighted by Crippen LogP contribution is 2.23. The lowest BCUT2D eigenvalue weighted by Gasteiger charge is -2.29. The summed E-state index contributed by atoms with van der Waals surface area (Å²) in [5, 5.41) is 13.0. The molecule has 1 unspecified atom stereocenters. The molecule has 21 heavy (non-hydrogen) atoms. The van der Waals surface area contributed by atoms with E-state index < -0.39 is 0 Å². The van der Waals surface area contributed by atoms with Crippen molar-refractivity contribution in [3.8, 4) is 0 Å². The quantitative estimate of drug-likeness (QED) is 0.686. The fourth-order valence-corrected chi connectivity index (χ4v) is 3.06. The molecule has 0 aromatic heterocycles. The first kappa shape index (κ1) is 16.5. The molecule has 1 heterocycles. The second-order valence-corrected chi connectivity index (χ2v) is 6.58. The molecule has 1 aliphatic heterocycles. The molecular formula is C18H30N2O. The van der Waals surface area contributed by atoms with Crippen LogP contribution in [-0.2, 0) is 13.1 Å². The smallest absolute Gasteiger partial charge is 0.0610 e. The van der Waals surface area contributed by atoms with Gasteiger partial charge in [0.1, 0.15) is 0 Å². The van der Waals surface area contributed by atoms with Crippen molar-refractivity contribution in [3.63, 3.8) is 0 Å². The van der Waals surface area contributed by atoms with E-state index in [1.807, 2.05) is 0 Å². The van der Waals surface area contributed by atoms with Crippen LogP contribution >= 0.6 is 0 Å². The molecular weight excluding hydrogens is 260 g/mol. The zero-order chi connectivity index (χ0) is 15.1. The summed E-state index contributed by atoms with van der Waals surface area (Å²) in [6.07, 6.45) is 4.53. The normalized spacial score (nSPS) is 17.7. The summed E-state index contributed by atoms with van der Waals surface area (Å²) in [6, 6.07) is 8.75. The standard InChI is InChI=1S/C18H30N2O/c1-3-11-19-18(2,15-21)10-6-7-12-20-13-16-8-4-5-9-17(16)14-20/h4-5,8-9,19,21H,3,6-7,10-15H2,1-2H3. The molecule has 2 rings (SSSR count). The van der Waals surface area contributed by atoms with Crippen LogP contribution < -0.4 is 5.32 Å². The zero-order valence-electron chi connectivity index (χ0n) is 13.6. The lowest BCUT2D eigenvalue weighted by molar-refractivity contribution is 0.160. The molecule has 0 saturated heterocycles. The van der Waals surface area contributed by atoms with Gasteiger partial charge < -0.3 is 10.4 Å². The minimum atomic E-state index is -0.107. The second kappa shape index (κ2) is 7.92. The number of nitrogens with one attached hydrogen (secondary N) is 1. The van der Waals surface area contributed by atoms with E-state index in [1.54, 1.807) is 0 Å². The highest BCUT2D eigenvalue weighted by atomic mass is 16.3. The molecule has 0 radical (unpaired) electrons. The molecule has 1 aromatic rings. The average molecular weight is 290 g/mol. The zero-order valence-corrected chi connectivity index (χ0v) is 13.6. The van der Waals surface area contributed by atoms with Crippen LogP contribution in [0.25, 0.3) is 0 Å². The van der Waals surface area contributed by atoms with E-state index in [0.717, 1.165) is 39.0 Å². The molecule has 3 heteroatoms. The van der Waals surface area contributed by atoms with Crippen molar-refractivity contribution < 1.29 is 5.11 Å². The number of unbranched alkanes of at least 4 members (excludes halogenated alkanes) is 1. The van der Waals surface area contributed by atoms with Crippen molar-refractivity contribution in [1.29, 1.82) is 0 Å². The fraction of sp³-hybridized carbons (Fsp3) is 0.667. The molecule has 1 atom stereocenters. The van der Waals surface area contributed by atoms with Gasteiger partial charge >= 0.3 is 0 Å². The minimum Gasteiger partial charge on any atom is -0.394 e. The molecule has 0 spiro atoms. The Labute approximate surface area is 129 Å². The largest absolute Gasteiger partial charge is 0.394 e. The van der Waals surface area contributed by atoms with Gasteiger partial charge in [-0.3, -0.25) is 4.90 Å². The Balaban J connectivity index is 1.66. The third kappa shape index (κ3) is 4.80. The first-order chi connectivity index (χ1) is 10.2. The molecule has 2 N–H and O–H groups in total. The Kier molecular flexibility index (Phi) is 6.22. The molecule has 0 amide bonds. The predicted octanol–water partition coefficient (Wildman–Crippen LogP) is 2.92. The van der Waals surface area contributed by atoms with Gasteiger partial charge in [-0.15, -0.1) is 0 Å². The second-order valence-electron chi connectivity index (χ2n) is 6.58. The van der Waals surface area contributed by atoms with Crippen LogP contribution in [0.4, 0.5) is 0 Å². The van der Waals surface area contributed by atoms with E-state index in [2.05, 4.69) is 48.3 Å². The highest BCUT2D eigenvalue weighted by molar-refractivity contribution is 5.30. The maximum absolute atomic E-state index is 9.57. The van der Waals surface area contributed by atoms with E-state index >= 15 is 0 Å². The Bertz CT molecular complexity index is 410. The molecule has 0 aliphatic carbocycles. The lowest BCUT2D eigenvalue weighted by Crippen LogP contribution is -2.46. The van der Waals surface area contributed by atoms with Gasteiger partial charge in [-0.05, 0) is 50.4 Å².